The van der Waals surface area contributed by atoms with Crippen LogP contribution in [0, 0.1) is 58.2 Å². The molecule has 10 rings (SSSR count). The van der Waals surface area contributed by atoms with Crippen molar-refractivity contribution in [2.45, 2.75) is 26.2 Å². The van der Waals surface area contributed by atoms with Gasteiger partial charge in [0.2, 0.25) is 11.6 Å². The van der Waals surface area contributed by atoms with Crippen LogP contribution in [0.4, 0.5) is 95.1 Å². The molecule has 314 valence electrons. The van der Waals surface area contributed by atoms with Crippen molar-refractivity contribution in [3.63, 3.8) is 0 Å². The van der Waals surface area contributed by atoms with Gasteiger partial charge < -0.3 is 14.7 Å². The number of para-hydroxylation sites is 1. The Hall–Kier alpha value is -7.28. The Labute approximate surface area is 352 Å². The molecule has 63 heavy (non-hydrogen) atoms. The van der Waals surface area contributed by atoms with Crippen LogP contribution in [0.1, 0.15) is 26.3 Å². The number of benzene rings is 9. The maximum atomic E-state index is 16.5. The number of hydrogen-bond acceptors (Lipinski definition) is 3. The SMILES string of the molecule is CC(C)(C)c1cc2ccc3c4cc(c5ccc(c1)c2c35)N(c1c(F)c(F)c(F)c(F)c1F)c1cccc(c1)N(c1ccccc1)c1cccc(c1)N4c1c(F)c(F)c(F)c(F)c1F. The maximum Gasteiger partial charge on any atom is 0.200 e. The van der Waals surface area contributed by atoms with E-state index in [9.17, 15) is 8.78 Å². The van der Waals surface area contributed by atoms with E-state index in [2.05, 4.69) is 0 Å². The fourth-order valence-corrected chi connectivity index (χ4v) is 8.60. The zero-order valence-electron chi connectivity index (χ0n) is 33.2. The van der Waals surface area contributed by atoms with E-state index in [1.165, 1.54) is 42.5 Å². The summed E-state index contributed by atoms with van der Waals surface area (Å²) in [6, 6.07) is 32.1. The van der Waals surface area contributed by atoms with E-state index in [0.29, 0.717) is 21.8 Å². The summed E-state index contributed by atoms with van der Waals surface area (Å²) >= 11 is 0. The zero-order valence-corrected chi connectivity index (χ0v) is 33.2. The maximum absolute atomic E-state index is 16.5. The summed E-state index contributed by atoms with van der Waals surface area (Å²) in [6.45, 7) is 6.02. The second kappa shape index (κ2) is 14.1. The first-order valence-electron chi connectivity index (χ1n) is 19.5. The molecular weight excluding hydrogens is 833 g/mol. The first-order chi connectivity index (χ1) is 30.1. The van der Waals surface area contributed by atoms with Crippen molar-refractivity contribution in [2.75, 3.05) is 14.7 Å². The van der Waals surface area contributed by atoms with Crippen molar-refractivity contribution >= 4 is 83.5 Å². The van der Waals surface area contributed by atoms with Crippen LogP contribution < -0.4 is 14.7 Å². The van der Waals surface area contributed by atoms with E-state index >= 15 is 35.1 Å². The van der Waals surface area contributed by atoms with Gasteiger partial charge in [-0.25, -0.2) is 43.9 Å². The average molecular weight is 862 g/mol. The summed E-state index contributed by atoms with van der Waals surface area (Å²) in [6.07, 6.45) is 0. The van der Waals surface area contributed by atoms with Gasteiger partial charge in [0.25, 0.3) is 0 Å². The molecule has 0 amide bonds. The smallest absolute Gasteiger partial charge is 0.200 e. The van der Waals surface area contributed by atoms with E-state index in [1.54, 1.807) is 71.6 Å². The highest BCUT2D eigenvalue weighted by molar-refractivity contribution is 6.29. The molecular formula is C50H29F10N3. The lowest BCUT2D eigenvalue weighted by atomic mass is 9.83. The Balaban J connectivity index is 1.46. The first kappa shape index (κ1) is 39.8. The second-order valence-corrected chi connectivity index (χ2v) is 16.3. The highest BCUT2D eigenvalue weighted by Gasteiger charge is 2.36. The molecule has 9 aromatic rings. The number of rotatable bonds is 3. The van der Waals surface area contributed by atoms with Gasteiger partial charge in [-0.05, 0) is 81.7 Å². The predicted octanol–water partition coefficient (Wildman–Crippen LogP) is 16.0. The summed E-state index contributed by atoms with van der Waals surface area (Å²) in [7, 11) is 0. The molecule has 0 atom stereocenters. The molecule has 9 aromatic carbocycles. The molecule has 13 heteroatoms. The zero-order chi connectivity index (χ0) is 44.4. The van der Waals surface area contributed by atoms with E-state index in [-0.39, 0.29) is 55.7 Å². The van der Waals surface area contributed by atoms with Crippen LogP contribution in [0.2, 0.25) is 0 Å². The molecule has 0 saturated heterocycles. The summed E-state index contributed by atoms with van der Waals surface area (Å²) < 4.78 is 157. The molecule has 0 aromatic heterocycles. The van der Waals surface area contributed by atoms with E-state index in [1.807, 2.05) is 32.9 Å². The van der Waals surface area contributed by atoms with Crippen LogP contribution in [-0.2, 0) is 5.41 Å². The van der Waals surface area contributed by atoms with Crippen molar-refractivity contribution in [1.29, 1.82) is 0 Å². The van der Waals surface area contributed by atoms with Crippen LogP contribution in [0.5, 0.6) is 0 Å². The molecule has 3 nitrogen and oxygen atoms in total. The van der Waals surface area contributed by atoms with E-state index in [4.69, 9.17) is 0 Å². The van der Waals surface area contributed by atoms with Gasteiger partial charge in [0.05, 0.1) is 11.4 Å². The Morgan fingerprint density at radius 3 is 1.10 bits per heavy atom. The topological polar surface area (TPSA) is 9.72 Å². The highest BCUT2D eigenvalue weighted by atomic mass is 19.2. The minimum absolute atomic E-state index is 0.132. The monoisotopic (exact) mass is 861 g/mol. The van der Waals surface area contributed by atoms with Crippen LogP contribution >= 0.6 is 0 Å². The minimum Gasteiger partial charge on any atom is -0.310 e. The standard InChI is InChI=1S/C50H29F10N3/c1-50(2,3)26-19-24-15-17-32-34-23-35(33-18-16-25(20-26)36(24)37(32)33)63(49-46(59)42(55)39(52)43(56)47(49)60)31-14-8-12-29(22-31)61(27-9-5-4-6-10-27)28-11-7-13-30(21-28)62(34)48-44(57)40(53)38(51)41(54)45(48)58/h4-23H,1-3H3. The molecule has 6 bridgehead atoms. The third kappa shape index (κ3) is 5.89. The molecule has 0 saturated carbocycles. The number of halogens is 10. The Bertz CT molecular complexity index is 3120. The van der Waals surface area contributed by atoms with Crippen molar-refractivity contribution in [3.8, 4) is 0 Å². The predicted molar refractivity (Wildman–Crippen MR) is 226 cm³/mol. The van der Waals surface area contributed by atoms with Gasteiger partial charge in [0.1, 0.15) is 11.4 Å². The number of nitrogens with zero attached hydrogens (tertiary/aromatic N) is 3. The van der Waals surface area contributed by atoms with Gasteiger partial charge >= 0.3 is 0 Å². The highest BCUT2D eigenvalue weighted by Crippen LogP contribution is 2.54. The third-order valence-electron chi connectivity index (χ3n) is 11.5. The van der Waals surface area contributed by atoms with Gasteiger partial charge in [0, 0.05) is 44.6 Å². The first-order valence-corrected chi connectivity index (χ1v) is 19.5. The van der Waals surface area contributed by atoms with Crippen LogP contribution in [-0.4, -0.2) is 0 Å². The van der Waals surface area contributed by atoms with Gasteiger partial charge in [0.15, 0.2) is 46.5 Å². The Kier molecular flexibility index (Phi) is 8.93. The quantitative estimate of drug-likeness (QED) is 0.0758. The largest absolute Gasteiger partial charge is 0.310 e. The Morgan fingerprint density at radius 1 is 0.333 bits per heavy atom. The second-order valence-electron chi connectivity index (χ2n) is 16.3. The van der Waals surface area contributed by atoms with Crippen LogP contribution in [0.15, 0.2) is 121 Å². The van der Waals surface area contributed by atoms with E-state index < -0.39 is 69.5 Å². The number of fused-ring (bicyclic) bond motifs is 8. The van der Waals surface area contributed by atoms with Gasteiger partial charge in [-0.3, -0.25) is 0 Å². The fraction of sp³-hybridized carbons (Fsp3) is 0.0800. The normalized spacial score (nSPS) is 13.1. The van der Waals surface area contributed by atoms with Crippen molar-refractivity contribution in [3.05, 3.63) is 185 Å². The number of hydrogen-bond donors (Lipinski definition) is 0. The molecule has 0 radical (unpaired) electrons. The van der Waals surface area contributed by atoms with Crippen molar-refractivity contribution in [2.24, 2.45) is 0 Å². The summed E-state index contributed by atoms with van der Waals surface area (Å²) in [5, 5.41) is 2.46. The molecule has 0 fully saturated rings. The summed E-state index contributed by atoms with van der Waals surface area (Å²) in [4.78, 5) is 3.25. The average Bonchev–Trinajstić information content (AvgIpc) is 3.28. The molecule has 1 heterocycles. The summed E-state index contributed by atoms with van der Waals surface area (Å²) in [5.74, 6) is -22.6. The lowest BCUT2D eigenvalue weighted by Gasteiger charge is -2.35. The molecule has 0 N–H and O–H groups in total. The van der Waals surface area contributed by atoms with Gasteiger partial charge in [-0.2, -0.15) is 0 Å². The van der Waals surface area contributed by atoms with Gasteiger partial charge in [-0.1, -0.05) is 87.5 Å². The number of anilines is 9. The van der Waals surface area contributed by atoms with Gasteiger partial charge in [-0.15, -0.1) is 0 Å². The Morgan fingerprint density at radius 2 is 0.698 bits per heavy atom. The molecule has 0 spiro atoms. The molecule has 1 aliphatic heterocycles. The van der Waals surface area contributed by atoms with Crippen LogP contribution in [0.25, 0.3) is 32.3 Å². The van der Waals surface area contributed by atoms with E-state index in [0.717, 1.165) is 15.4 Å². The van der Waals surface area contributed by atoms with Crippen LogP contribution in [0.3, 0.4) is 0 Å². The molecule has 1 aliphatic rings. The lowest BCUT2D eigenvalue weighted by Crippen LogP contribution is -2.21. The summed E-state index contributed by atoms with van der Waals surface area (Å²) in [5.41, 5.74) is -2.02. The molecule has 0 unspecified atom stereocenters. The fourth-order valence-electron chi connectivity index (χ4n) is 8.60. The third-order valence-corrected chi connectivity index (χ3v) is 11.5. The van der Waals surface area contributed by atoms with Crippen molar-refractivity contribution < 1.29 is 43.9 Å². The van der Waals surface area contributed by atoms with Crippen molar-refractivity contribution in [1.82, 2.24) is 0 Å². The molecule has 0 aliphatic carbocycles. The minimum atomic E-state index is -2.41. The lowest BCUT2D eigenvalue weighted by molar-refractivity contribution is 0.380.